The van der Waals surface area contributed by atoms with Crippen LogP contribution in [0.1, 0.15) is 59.3 Å². The first kappa shape index (κ1) is 16.9. The Balaban J connectivity index is 2.83. The van der Waals surface area contributed by atoms with Crippen LogP contribution in [0.25, 0.3) is 0 Å². The highest BCUT2D eigenvalue weighted by Crippen LogP contribution is 2.19. The monoisotopic (exact) mass is 294 g/mol. The van der Waals surface area contributed by atoms with Crippen molar-refractivity contribution in [3.63, 3.8) is 0 Å². The average molecular weight is 294 g/mol. The Labute approximate surface area is 124 Å². The van der Waals surface area contributed by atoms with Gasteiger partial charge in [0.25, 0.3) is 5.91 Å². The quantitative estimate of drug-likeness (QED) is 0.619. The molecule has 1 aromatic rings. The third kappa shape index (κ3) is 3.93. The molecule has 6 heteroatoms. The van der Waals surface area contributed by atoms with Crippen LogP contribution in [-0.4, -0.2) is 35.3 Å². The summed E-state index contributed by atoms with van der Waals surface area (Å²) < 4.78 is 5.13. The minimum Gasteiger partial charge on any atom is -0.448 e. The first-order chi connectivity index (χ1) is 9.79. The first-order valence-corrected chi connectivity index (χ1v) is 6.98. The van der Waals surface area contributed by atoms with Crippen LogP contribution in [0.4, 0.5) is 0 Å². The molecule has 0 fully saturated rings. The number of Topliss-reactive ketones (excluding diaryl/α,β-unsaturated/α-hetero) is 1. The van der Waals surface area contributed by atoms with Crippen LogP contribution in [-0.2, 0) is 9.53 Å². The molecule has 0 radical (unpaired) electrons. The van der Waals surface area contributed by atoms with Gasteiger partial charge in [-0.1, -0.05) is 6.92 Å². The number of aromatic nitrogens is 1. The zero-order valence-corrected chi connectivity index (χ0v) is 13.1. The number of H-pyrrole nitrogens is 1. The molecule has 0 aromatic carbocycles. The molecule has 0 aliphatic rings. The second kappa shape index (κ2) is 7.06. The summed E-state index contributed by atoms with van der Waals surface area (Å²) in [7, 11) is 0. The third-order valence-electron chi connectivity index (χ3n) is 3.20. The molecule has 1 aromatic heterocycles. The Hall–Kier alpha value is -2.11. The number of esters is 1. The number of ketones is 1. The lowest BCUT2D eigenvalue weighted by Gasteiger charge is -2.12. The van der Waals surface area contributed by atoms with Gasteiger partial charge in [0, 0.05) is 17.8 Å². The van der Waals surface area contributed by atoms with Gasteiger partial charge in [-0.3, -0.25) is 9.59 Å². The highest BCUT2D eigenvalue weighted by Gasteiger charge is 2.24. The molecular weight excluding hydrogens is 272 g/mol. The van der Waals surface area contributed by atoms with Gasteiger partial charge in [-0.15, -0.1) is 0 Å². The molecule has 2 N–H and O–H groups in total. The molecule has 0 spiro atoms. The van der Waals surface area contributed by atoms with Crippen molar-refractivity contribution in [3.8, 4) is 0 Å². The van der Waals surface area contributed by atoms with E-state index in [1.54, 1.807) is 13.8 Å². The summed E-state index contributed by atoms with van der Waals surface area (Å²) in [5.41, 5.74) is 1.87. The topological polar surface area (TPSA) is 88.3 Å². The van der Waals surface area contributed by atoms with Crippen molar-refractivity contribution in [1.29, 1.82) is 0 Å². The average Bonchev–Trinajstić information content (AvgIpc) is 2.71. The molecule has 1 unspecified atom stereocenters. The largest absolute Gasteiger partial charge is 0.448 e. The van der Waals surface area contributed by atoms with E-state index in [2.05, 4.69) is 10.3 Å². The zero-order valence-electron chi connectivity index (χ0n) is 13.1. The summed E-state index contributed by atoms with van der Waals surface area (Å²) in [6.45, 7) is 8.83. The lowest BCUT2D eigenvalue weighted by atomic mass is 10.1. The maximum Gasteiger partial charge on any atom is 0.355 e. The molecule has 0 saturated heterocycles. The predicted octanol–water partition coefficient (Wildman–Crippen LogP) is 1.91. The van der Waals surface area contributed by atoms with Crippen LogP contribution in [0.15, 0.2) is 0 Å². The van der Waals surface area contributed by atoms with Gasteiger partial charge in [0.1, 0.15) is 5.69 Å². The van der Waals surface area contributed by atoms with Crippen molar-refractivity contribution in [3.05, 3.63) is 22.5 Å². The second-order valence-electron chi connectivity index (χ2n) is 5.02. The fraction of sp³-hybridized carbons (Fsp3) is 0.533. The van der Waals surface area contributed by atoms with E-state index in [9.17, 15) is 14.4 Å². The van der Waals surface area contributed by atoms with Gasteiger partial charge in [-0.05, 0) is 39.7 Å². The molecule has 1 heterocycles. The zero-order chi connectivity index (χ0) is 16.2. The highest BCUT2D eigenvalue weighted by molar-refractivity contribution is 6.01. The van der Waals surface area contributed by atoms with E-state index in [1.165, 1.54) is 13.8 Å². The number of hydrogen-bond acceptors (Lipinski definition) is 4. The van der Waals surface area contributed by atoms with Crippen LogP contribution in [0.5, 0.6) is 0 Å². The van der Waals surface area contributed by atoms with Crippen molar-refractivity contribution in [2.45, 2.75) is 47.1 Å². The number of aryl methyl sites for hydroxylation is 1. The molecular formula is C15H22N2O4. The lowest BCUT2D eigenvalue weighted by Crippen LogP contribution is -2.36. The maximum absolute atomic E-state index is 12.1. The van der Waals surface area contributed by atoms with E-state index >= 15 is 0 Å². The molecule has 116 valence electrons. The van der Waals surface area contributed by atoms with E-state index in [4.69, 9.17) is 4.74 Å². The maximum atomic E-state index is 12.1. The smallest absolute Gasteiger partial charge is 0.355 e. The van der Waals surface area contributed by atoms with Crippen LogP contribution in [0.3, 0.4) is 0 Å². The summed E-state index contributed by atoms with van der Waals surface area (Å²) in [6.07, 6.45) is -0.0728. The summed E-state index contributed by atoms with van der Waals surface area (Å²) in [4.78, 5) is 38.2. The molecule has 6 nitrogen and oxygen atoms in total. The standard InChI is InChI=1S/C15H22N2O4/c1-6-7-16-14(19)11(5)21-15(20)13-8(2)12(10(4)18)9(3)17-13/h11,17H,6-7H2,1-5H3,(H,16,19). The summed E-state index contributed by atoms with van der Waals surface area (Å²) >= 11 is 0. The molecule has 0 saturated carbocycles. The minimum absolute atomic E-state index is 0.117. The van der Waals surface area contributed by atoms with Gasteiger partial charge in [0.05, 0.1) is 0 Å². The number of hydrogen-bond donors (Lipinski definition) is 2. The van der Waals surface area contributed by atoms with Crippen molar-refractivity contribution in [2.75, 3.05) is 6.54 Å². The van der Waals surface area contributed by atoms with Crippen molar-refractivity contribution in [2.24, 2.45) is 0 Å². The normalized spacial score (nSPS) is 11.9. The Kier molecular flexibility index (Phi) is 5.69. The number of aromatic amines is 1. The number of carbonyl (C=O) groups is 3. The van der Waals surface area contributed by atoms with E-state index in [0.717, 1.165) is 6.42 Å². The van der Waals surface area contributed by atoms with Crippen LogP contribution >= 0.6 is 0 Å². The van der Waals surface area contributed by atoms with Crippen molar-refractivity contribution >= 4 is 17.7 Å². The van der Waals surface area contributed by atoms with Gasteiger partial charge in [0.15, 0.2) is 11.9 Å². The summed E-state index contributed by atoms with van der Waals surface area (Å²) in [6, 6.07) is 0. The highest BCUT2D eigenvalue weighted by atomic mass is 16.5. The molecule has 1 rings (SSSR count). The predicted molar refractivity (Wildman–Crippen MR) is 78.4 cm³/mol. The molecule has 21 heavy (non-hydrogen) atoms. The number of rotatable bonds is 6. The van der Waals surface area contributed by atoms with Crippen molar-refractivity contribution in [1.82, 2.24) is 10.3 Å². The molecule has 1 amide bonds. The lowest BCUT2D eigenvalue weighted by molar-refractivity contribution is -0.129. The summed E-state index contributed by atoms with van der Waals surface area (Å²) in [5, 5.41) is 2.66. The van der Waals surface area contributed by atoms with Crippen LogP contribution in [0, 0.1) is 13.8 Å². The molecule has 0 aliphatic carbocycles. The Morgan fingerprint density at radius 2 is 1.90 bits per heavy atom. The Morgan fingerprint density at radius 3 is 2.38 bits per heavy atom. The van der Waals surface area contributed by atoms with E-state index in [1.807, 2.05) is 6.92 Å². The number of amides is 1. The molecule has 0 bridgehead atoms. The Bertz CT molecular complexity index is 560. The van der Waals surface area contributed by atoms with Gasteiger partial charge < -0.3 is 15.0 Å². The van der Waals surface area contributed by atoms with Gasteiger partial charge in [0.2, 0.25) is 0 Å². The van der Waals surface area contributed by atoms with Crippen LogP contribution < -0.4 is 5.32 Å². The fourth-order valence-corrected chi connectivity index (χ4v) is 2.15. The molecule has 1 atom stereocenters. The minimum atomic E-state index is -0.882. The SMILES string of the molecule is CCCNC(=O)C(C)OC(=O)c1[nH]c(C)c(C(C)=O)c1C. The van der Waals surface area contributed by atoms with Gasteiger partial charge >= 0.3 is 5.97 Å². The van der Waals surface area contributed by atoms with E-state index in [-0.39, 0.29) is 17.4 Å². The summed E-state index contributed by atoms with van der Waals surface area (Å²) in [5.74, 6) is -1.09. The molecule has 0 aliphatic heterocycles. The van der Waals surface area contributed by atoms with Crippen molar-refractivity contribution < 1.29 is 19.1 Å². The third-order valence-corrected chi connectivity index (χ3v) is 3.20. The fourth-order valence-electron chi connectivity index (χ4n) is 2.15. The van der Waals surface area contributed by atoms with E-state index in [0.29, 0.717) is 23.4 Å². The Morgan fingerprint density at radius 1 is 1.29 bits per heavy atom. The second-order valence-corrected chi connectivity index (χ2v) is 5.02. The number of ether oxygens (including phenoxy) is 1. The van der Waals surface area contributed by atoms with Gasteiger partial charge in [-0.25, -0.2) is 4.79 Å². The van der Waals surface area contributed by atoms with Crippen LogP contribution in [0.2, 0.25) is 0 Å². The van der Waals surface area contributed by atoms with E-state index < -0.39 is 12.1 Å². The van der Waals surface area contributed by atoms with Gasteiger partial charge in [-0.2, -0.15) is 0 Å². The number of carbonyl (C=O) groups excluding carboxylic acids is 3. The first-order valence-electron chi connectivity index (χ1n) is 6.98. The number of nitrogens with one attached hydrogen (secondary N) is 2.